The fourth-order valence-electron chi connectivity index (χ4n) is 1.52. The second-order valence-corrected chi connectivity index (χ2v) is 4.89. The van der Waals surface area contributed by atoms with Crippen molar-refractivity contribution >= 4 is 46.4 Å². The molecule has 0 aliphatic heterocycles. The number of hydrogen-bond acceptors (Lipinski definition) is 2. The molecule has 0 fully saturated rings. The van der Waals surface area contributed by atoms with Crippen LogP contribution in [0.15, 0.2) is 12.1 Å². The van der Waals surface area contributed by atoms with Gasteiger partial charge in [0.1, 0.15) is 0 Å². The van der Waals surface area contributed by atoms with Crippen molar-refractivity contribution in [3.8, 4) is 0 Å². The van der Waals surface area contributed by atoms with Crippen LogP contribution < -0.4 is 5.32 Å². The maximum absolute atomic E-state index is 11.8. The lowest BCUT2D eigenvalue weighted by Gasteiger charge is -2.19. The zero-order valence-electron chi connectivity index (χ0n) is 10.3. The van der Waals surface area contributed by atoms with Gasteiger partial charge in [0.2, 0.25) is 5.91 Å². The third-order valence-corrected chi connectivity index (χ3v) is 3.59. The van der Waals surface area contributed by atoms with E-state index in [1.54, 1.807) is 17.0 Å². The second kappa shape index (κ2) is 7.07. The van der Waals surface area contributed by atoms with Crippen molar-refractivity contribution in [1.82, 2.24) is 4.90 Å². The van der Waals surface area contributed by atoms with Crippen molar-refractivity contribution in [2.45, 2.75) is 13.8 Å². The predicted molar refractivity (Wildman–Crippen MR) is 77.9 cm³/mol. The van der Waals surface area contributed by atoms with Crippen LogP contribution in [-0.2, 0) is 4.79 Å². The van der Waals surface area contributed by atoms with Gasteiger partial charge in [-0.15, -0.1) is 0 Å². The van der Waals surface area contributed by atoms with Crippen LogP contribution in [0.3, 0.4) is 0 Å². The Balaban J connectivity index is 2.69. The highest BCUT2D eigenvalue weighted by Crippen LogP contribution is 2.32. The van der Waals surface area contributed by atoms with Crippen molar-refractivity contribution < 1.29 is 4.79 Å². The summed E-state index contributed by atoms with van der Waals surface area (Å²) in [5.74, 6) is 0.0159. The van der Waals surface area contributed by atoms with Crippen molar-refractivity contribution in [1.29, 1.82) is 0 Å². The van der Waals surface area contributed by atoms with Crippen molar-refractivity contribution in [2.75, 3.05) is 25.0 Å². The maximum Gasteiger partial charge on any atom is 0.241 e. The minimum Gasteiger partial charge on any atom is -0.375 e. The van der Waals surface area contributed by atoms with E-state index in [9.17, 15) is 4.79 Å². The Bertz CT molecular complexity index is 434. The molecule has 0 aliphatic rings. The molecule has 6 heteroatoms. The summed E-state index contributed by atoms with van der Waals surface area (Å²) in [5.41, 5.74) is 0.603. The molecular weight excluding hydrogens is 295 g/mol. The third-order valence-electron chi connectivity index (χ3n) is 2.56. The number of nitrogens with zero attached hydrogens (tertiary/aromatic N) is 1. The van der Waals surface area contributed by atoms with Crippen LogP contribution in [-0.4, -0.2) is 30.4 Å². The Morgan fingerprint density at radius 3 is 2.22 bits per heavy atom. The molecule has 18 heavy (non-hydrogen) atoms. The number of amides is 1. The average Bonchev–Trinajstić information content (AvgIpc) is 2.33. The molecule has 1 N–H and O–H groups in total. The van der Waals surface area contributed by atoms with Gasteiger partial charge in [0.15, 0.2) is 0 Å². The van der Waals surface area contributed by atoms with Crippen LogP contribution in [0.2, 0.25) is 15.1 Å². The van der Waals surface area contributed by atoms with E-state index < -0.39 is 0 Å². The normalized spacial score (nSPS) is 10.3. The van der Waals surface area contributed by atoms with Gasteiger partial charge in [-0.05, 0) is 26.0 Å². The number of carbonyl (C=O) groups is 1. The zero-order valence-corrected chi connectivity index (χ0v) is 12.5. The topological polar surface area (TPSA) is 32.3 Å². The summed E-state index contributed by atoms with van der Waals surface area (Å²) in [7, 11) is 0. The summed E-state index contributed by atoms with van der Waals surface area (Å²) in [4.78, 5) is 13.5. The Hall–Kier alpha value is -0.640. The zero-order chi connectivity index (χ0) is 13.7. The first-order valence-corrected chi connectivity index (χ1v) is 6.79. The Labute approximate surface area is 122 Å². The smallest absolute Gasteiger partial charge is 0.241 e. The molecular formula is C12H15Cl3N2O. The molecule has 0 spiro atoms. The second-order valence-electron chi connectivity index (χ2n) is 3.67. The molecule has 1 amide bonds. The number of benzene rings is 1. The van der Waals surface area contributed by atoms with Gasteiger partial charge in [0.25, 0.3) is 0 Å². The predicted octanol–water partition coefficient (Wildman–Crippen LogP) is 3.93. The van der Waals surface area contributed by atoms with Crippen LogP contribution in [0.1, 0.15) is 13.8 Å². The van der Waals surface area contributed by atoms with Gasteiger partial charge >= 0.3 is 0 Å². The molecule has 3 nitrogen and oxygen atoms in total. The molecule has 1 aromatic carbocycles. The SMILES string of the molecule is CCN(CC)C(=O)CNc1cc(Cl)c(Cl)cc1Cl. The molecule has 0 heterocycles. The monoisotopic (exact) mass is 308 g/mol. The number of carbonyl (C=O) groups excluding carboxylic acids is 1. The lowest BCUT2D eigenvalue weighted by atomic mass is 10.3. The molecule has 1 aromatic rings. The Morgan fingerprint density at radius 2 is 1.67 bits per heavy atom. The van der Waals surface area contributed by atoms with E-state index >= 15 is 0 Å². The standard InChI is InChI=1S/C12H15Cl3N2O/c1-3-17(4-2)12(18)7-16-11-6-9(14)8(13)5-10(11)15/h5-6,16H,3-4,7H2,1-2H3. The van der Waals surface area contributed by atoms with Crippen molar-refractivity contribution in [3.63, 3.8) is 0 Å². The first-order valence-electron chi connectivity index (χ1n) is 5.65. The van der Waals surface area contributed by atoms with E-state index in [0.717, 1.165) is 0 Å². The lowest BCUT2D eigenvalue weighted by Crippen LogP contribution is -2.35. The third kappa shape index (κ3) is 3.94. The van der Waals surface area contributed by atoms with E-state index in [-0.39, 0.29) is 12.5 Å². The van der Waals surface area contributed by atoms with Gasteiger partial charge in [0, 0.05) is 13.1 Å². The lowest BCUT2D eigenvalue weighted by molar-refractivity contribution is -0.128. The number of hydrogen-bond donors (Lipinski definition) is 1. The fraction of sp³-hybridized carbons (Fsp3) is 0.417. The van der Waals surface area contributed by atoms with Gasteiger partial charge in [-0.3, -0.25) is 4.79 Å². The van der Waals surface area contributed by atoms with E-state index in [1.807, 2.05) is 13.8 Å². The highest BCUT2D eigenvalue weighted by atomic mass is 35.5. The molecule has 100 valence electrons. The number of halogens is 3. The summed E-state index contributed by atoms with van der Waals surface area (Å²) in [6.45, 7) is 5.43. The van der Waals surface area contributed by atoms with Gasteiger partial charge in [-0.2, -0.15) is 0 Å². The van der Waals surface area contributed by atoms with Crippen LogP contribution in [0.4, 0.5) is 5.69 Å². The molecule has 1 rings (SSSR count). The average molecular weight is 310 g/mol. The molecule has 0 bridgehead atoms. The van der Waals surface area contributed by atoms with Crippen LogP contribution in [0.25, 0.3) is 0 Å². The van der Waals surface area contributed by atoms with Crippen LogP contribution >= 0.6 is 34.8 Å². The van der Waals surface area contributed by atoms with E-state index in [2.05, 4.69) is 5.32 Å². The molecule has 0 saturated carbocycles. The minimum absolute atomic E-state index is 0.0159. The molecule has 0 aromatic heterocycles. The fourth-order valence-corrected chi connectivity index (χ4v) is 2.13. The number of rotatable bonds is 5. The Kier molecular flexibility index (Phi) is 6.06. The molecule has 0 aliphatic carbocycles. The quantitative estimate of drug-likeness (QED) is 0.836. The highest BCUT2D eigenvalue weighted by molar-refractivity contribution is 6.44. The summed E-state index contributed by atoms with van der Waals surface area (Å²) in [6, 6.07) is 3.16. The Morgan fingerprint density at radius 1 is 1.11 bits per heavy atom. The van der Waals surface area contributed by atoms with E-state index in [4.69, 9.17) is 34.8 Å². The number of nitrogens with one attached hydrogen (secondary N) is 1. The summed E-state index contributed by atoms with van der Waals surface area (Å²) < 4.78 is 0. The molecule has 0 saturated heterocycles. The maximum atomic E-state index is 11.8. The van der Waals surface area contributed by atoms with Gasteiger partial charge in [0.05, 0.1) is 27.3 Å². The van der Waals surface area contributed by atoms with Crippen molar-refractivity contribution in [3.05, 3.63) is 27.2 Å². The number of anilines is 1. The van der Waals surface area contributed by atoms with Crippen molar-refractivity contribution in [2.24, 2.45) is 0 Å². The van der Waals surface area contributed by atoms with Crippen LogP contribution in [0.5, 0.6) is 0 Å². The number of likely N-dealkylation sites (N-methyl/N-ethyl adjacent to an activating group) is 1. The van der Waals surface area contributed by atoms with Gasteiger partial charge < -0.3 is 10.2 Å². The minimum atomic E-state index is 0.0159. The van der Waals surface area contributed by atoms with E-state index in [0.29, 0.717) is 33.8 Å². The first kappa shape index (κ1) is 15.4. The highest BCUT2D eigenvalue weighted by Gasteiger charge is 2.11. The summed E-state index contributed by atoms with van der Waals surface area (Å²) in [5, 5.41) is 4.20. The largest absolute Gasteiger partial charge is 0.375 e. The van der Waals surface area contributed by atoms with Gasteiger partial charge in [-0.1, -0.05) is 34.8 Å². The molecule has 0 unspecified atom stereocenters. The van der Waals surface area contributed by atoms with E-state index in [1.165, 1.54) is 0 Å². The summed E-state index contributed by atoms with van der Waals surface area (Å²) >= 11 is 17.7. The van der Waals surface area contributed by atoms with Gasteiger partial charge in [-0.25, -0.2) is 0 Å². The molecule has 0 atom stereocenters. The molecule has 0 radical (unpaired) electrons. The summed E-state index contributed by atoms with van der Waals surface area (Å²) in [6.07, 6.45) is 0. The first-order chi connectivity index (χ1) is 8.49. The van der Waals surface area contributed by atoms with Crippen LogP contribution in [0, 0.1) is 0 Å².